The zero-order valence-corrected chi connectivity index (χ0v) is 12.3. The summed E-state index contributed by atoms with van der Waals surface area (Å²) in [6, 6.07) is 5.05. The molecule has 1 aromatic rings. The number of aliphatic hydroxyl groups is 1. The number of nitrogens with zero attached hydrogens (tertiary/aromatic N) is 1. The molecule has 0 spiro atoms. The van der Waals surface area contributed by atoms with Gasteiger partial charge in [-0.05, 0) is 48.0 Å². The predicted octanol–water partition coefficient (Wildman–Crippen LogP) is 2.95. The molecule has 0 heterocycles. The molecule has 0 fully saturated rings. The molecular formula is C12H15BrClNO2. The van der Waals surface area contributed by atoms with Gasteiger partial charge in [0.2, 0.25) is 0 Å². The summed E-state index contributed by atoms with van der Waals surface area (Å²) in [6.07, 6.45) is 0. The lowest BCUT2D eigenvalue weighted by atomic mass is 10.0. The molecule has 0 aliphatic carbocycles. The largest absolute Gasteiger partial charge is 0.394 e. The van der Waals surface area contributed by atoms with E-state index in [2.05, 4.69) is 15.9 Å². The van der Waals surface area contributed by atoms with Gasteiger partial charge in [-0.3, -0.25) is 4.79 Å². The van der Waals surface area contributed by atoms with E-state index in [0.29, 0.717) is 15.1 Å². The molecule has 1 rings (SSSR count). The van der Waals surface area contributed by atoms with Gasteiger partial charge in [0.25, 0.3) is 5.91 Å². The first-order valence-electron chi connectivity index (χ1n) is 5.13. The van der Waals surface area contributed by atoms with Crippen molar-refractivity contribution in [2.45, 2.75) is 19.4 Å². The number of likely N-dealkylation sites (N-methyl/N-ethyl adjacent to an activating group) is 1. The number of rotatable bonds is 3. The maximum absolute atomic E-state index is 12.2. The summed E-state index contributed by atoms with van der Waals surface area (Å²) in [6.45, 7) is 3.49. The summed E-state index contributed by atoms with van der Waals surface area (Å²) in [5, 5.41) is 9.76. The zero-order chi connectivity index (χ0) is 13.2. The number of halogens is 2. The van der Waals surface area contributed by atoms with E-state index in [4.69, 9.17) is 11.6 Å². The number of aliphatic hydroxyl groups excluding tert-OH is 1. The van der Waals surface area contributed by atoms with Crippen LogP contribution in [-0.4, -0.2) is 35.1 Å². The van der Waals surface area contributed by atoms with E-state index in [1.54, 1.807) is 39.1 Å². The smallest absolute Gasteiger partial charge is 0.255 e. The number of hydrogen-bond acceptors (Lipinski definition) is 2. The predicted molar refractivity (Wildman–Crippen MR) is 72.4 cm³/mol. The Labute approximate surface area is 115 Å². The van der Waals surface area contributed by atoms with Gasteiger partial charge in [0, 0.05) is 16.5 Å². The minimum Gasteiger partial charge on any atom is -0.394 e. The Bertz CT molecular complexity index is 435. The minimum absolute atomic E-state index is 0.104. The van der Waals surface area contributed by atoms with Gasteiger partial charge in [-0.2, -0.15) is 0 Å². The minimum atomic E-state index is -0.612. The summed E-state index contributed by atoms with van der Waals surface area (Å²) in [4.78, 5) is 13.8. The summed E-state index contributed by atoms with van der Waals surface area (Å²) >= 11 is 9.19. The summed E-state index contributed by atoms with van der Waals surface area (Å²) in [7, 11) is 1.66. The molecule has 0 saturated heterocycles. The lowest BCUT2D eigenvalue weighted by molar-refractivity contribution is 0.0472. The standard InChI is InChI=1S/C12H15BrClNO2/c1-12(2,7-16)15(3)11(17)9-6-8(14)4-5-10(9)13/h4-6,16H,7H2,1-3H3. The molecule has 0 radical (unpaired) electrons. The second-order valence-corrected chi connectivity index (χ2v) is 5.75. The molecule has 17 heavy (non-hydrogen) atoms. The molecule has 0 aliphatic heterocycles. The maximum atomic E-state index is 12.2. The van der Waals surface area contributed by atoms with Crippen LogP contribution in [0.25, 0.3) is 0 Å². The van der Waals surface area contributed by atoms with E-state index in [1.807, 2.05) is 0 Å². The topological polar surface area (TPSA) is 40.5 Å². The molecule has 5 heteroatoms. The highest BCUT2D eigenvalue weighted by atomic mass is 79.9. The molecule has 3 nitrogen and oxygen atoms in total. The second-order valence-electron chi connectivity index (χ2n) is 4.46. The fourth-order valence-corrected chi connectivity index (χ4v) is 1.81. The first-order valence-corrected chi connectivity index (χ1v) is 6.31. The molecule has 0 aromatic heterocycles. The average molecular weight is 321 g/mol. The number of benzene rings is 1. The Balaban J connectivity index is 3.08. The van der Waals surface area contributed by atoms with Crippen molar-refractivity contribution >= 4 is 33.4 Å². The van der Waals surface area contributed by atoms with Crippen molar-refractivity contribution in [3.63, 3.8) is 0 Å². The third-order valence-corrected chi connectivity index (χ3v) is 3.68. The summed E-state index contributed by atoms with van der Waals surface area (Å²) in [5.74, 6) is -0.182. The van der Waals surface area contributed by atoms with Crippen LogP contribution in [-0.2, 0) is 0 Å². The van der Waals surface area contributed by atoms with Gasteiger partial charge >= 0.3 is 0 Å². The van der Waals surface area contributed by atoms with Gasteiger partial charge in [0.15, 0.2) is 0 Å². The van der Waals surface area contributed by atoms with Crippen molar-refractivity contribution < 1.29 is 9.90 Å². The molecule has 0 aliphatic rings. The van der Waals surface area contributed by atoms with E-state index in [9.17, 15) is 9.90 Å². The highest BCUT2D eigenvalue weighted by molar-refractivity contribution is 9.10. The molecule has 0 atom stereocenters. The van der Waals surface area contributed by atoms with E-state index in [0.717, 1.165) is 0 Å². The van der Waals surface area contributed by atoms with Crippen LogP contribution in [0.3, 0.4) is 0 Å². The molecule has 0 saturated carbocycles. The number of hydrogen-bond donors (Lipinski definition) is 1. The van der Waals surface area contributed by atoms with Crippen molar-refractivity contribution in [3.8, 4) is 0 Å². The molecule has 1 amide bonds. The van der Waals surface area contributed by atoms with E-state index in [1.165, 1.54) is 4.90 Å². The Morgan fingerprint density at radius 2 is 2.12 bits per heavy atom. The first kappa shape index (κ1) is 14.5. The van der Waals surface area contributed by atoms with Crippen LogP contribution in [0.1, 0.15) is 24.2 Å². The lowest BCUT2D eigenvalue weighted by Gasteiger charge is -2.34. The van der Waals surface area contributed by atoms with E-state index >= 15 is 0 Å². The zero-order valence-electron chi connectivity index (χ0n) is 10.00. The van der Waals surface area contributed by atoms with Crippen LogP contribution in [0.5, 0.6) is 0 Å². The Morgan fingerprint density at radius 1 is 1.53 bits per heavy atom. The Kier molecular flexibility index (Phi) is 4.58. The molecule has 1 aromatic carbocycles. The highest BCUT2D eigenvalue weighted by Gasteiger charge is 2.28. The van der Waals surface area contributed by atoms with Gasteiger partial charge < -0.3 is 10.0 Å². The molecular weight excluding hydrogens is 305 g/mol. The Hall–Kier alpha value is -0.580. The van der Waals surface area contributed by atoms with Crippen LogP contribution in [0, 0.1) is 0 Å². The van der Waals surface area contributed by atoms with Crippen LogP contribution in [0.2, 0.25) is 5.02 Å². The van der Waals surface area contributed by atoms with Crippen molar-refractivity contribution in [3.05, 3.63) is 33.3 Å². The SMILES string of the molecule is CN(C(=O)c1cc(Cl)ccc1Br)C(C)(C)CO. The molecule has 94 valence electrons. The van der Waals surface area contributed by atoms with Gasteiger partial charge in [-0.25, -0.2) is 0 Å². The summed E-state index contributed by atoms with van der Waals surface area (Å²) in [5.41, 5.74) is -0.125. The molecule has 1 N–H and O–H groups in total. The van der Waals surface area contributed by atoms with Crippen LogP contribution in [0.15, 0.2) is 22.7 Å². The van der Waals surface area contributed by atoms with E-state index in [-0.39, 0.29) is 12.5 Å². The van der Waals surface area contributed by atoms with Gasteiger partial charge in [0.05, 0.1) is 17.7 Å². The third kappa shape index (κ3) is 3.21. The van der Waals surface area contributed by atoms with Crippen molar-refractivity contribution in [1.82, 2.24) is 4.90 Å². The van der Waals surface area contributed by atoms with Crippen LogP contribution < -0.4 is 0 Å². The number of amides is 1. The van der Waals surface area contributed by atoms with E-state index < -0.39 is 5.54 Å². The van der Waals surface area contributed by atoms with Crippen molar-refractivity contribution in [1.29, 1.82) is 0 Å². The Morgan fingerprint density at radius 3 is 2.65 bits per heavy atom. The maximum Gasteiger partial charge on any atom is 0.255 e. The van der Waals surface area contributed by atoms with Crippen LogP contribution >= 0.6 is 27.5 Å². The first-order chi connectivity index (χ1) is 7.79. The molecule has 0 unspecified atom stereocenters. The fraction of sp³-hybridized carbons (Fsp3) is 0.417. The van der Waals surface area contributed by atoms with Crippen LogP contribution in [0.4, 0.5) is 0 Å². The number of carbonyl (C=O) groups is 1. The monoisotopic (exact) mass is 319 g/mol. The quantitative estimate of drug-likeness (QED) is 0.930. The van der Waals surface area contributed by atoms with Gasteiger partial charge in [-0.1, -0.05) is 11.6 Å². The highest BCUT2D eigenvalue weighted by Crippen LogP contribution is 2.24. The number of carbonyl (C=O) groups excluding carboxylic acids is 1. The molecule has 0 bridgehead atoms. The fourth-order valence-electron chi connectivity index (χ4n) is 1.22. The van der Waals surface area contributed by atoms with Gasteiger partial charge in [0.1, 0.15) is 0 Å². The van der Waals surface area contributed by atoms with Crippen molar-refractivity contribution in [2.24, 2.45) is 0 Å². The van der Waals surface area contributed by atoms with Crippen molar-refractivity contribution in [2.75, 3.05) is 13.7 Å². The second kappa shape index (κ2) is 5.38. The third-order valence-electron chi connectivity index (χ3n) is 2.76. The lowest BCUT2D eigenvalue weighted by Crippen LogP contribution is -2.47. The normalized spacial score (nSPS) is 11.4. The summed E-state index contributed by atoms with van der Waals surface area (Å²) < 4.78 is 0.687. The average Bonchev–Trinajstić information content (AvgIpc) is 2.30. The van der Waals surface area contributed by atoms with Gasteiger partial charge in [-0.15, -0.1) is 0 Å².